The number of benzene rings is 3. The Hall–Kier alpha value is -4.14. The third-order valence-electron chi connectivity index (χ3n) is 7.59. The van der Waals surface area contributed by atoms with Gasteiger partial charge in [-0.15, -0.1) is 0 Å². The average molecular weight is 534 g/mol. The summed E-state index contributed by atoms with van der Waals surface area (Å²) < 4.78 is 45.1. The molecule has 39 heavy (non-hydrogen) atoms. The third-order valence-corrected chi connectivity index (χ3v) is 7.59. The molecule has 2 atom stereocenters. The summed E-state index contributed by atoms with van der Waals surface area (Å²) in [5.74, 6) is -0.0321. The minimum Gasteiger partial charge on any atom is -0.461 e. The van der Waals surface area contributed by atoms with Gasteiger partial charge in [0.05, 0.1) is 17.3 Å². The fraction of sp³-hybridized carbons (Fsp3) is 0.300. The molecule has 3 aromatic rings. The number of halogens is 3. The average Bonchev–Trinajstić information content (AvgIpc) is 3.62. The van der Waals surface area contributed by atoms with Gasteiger partial charge in [-0.1, -0.05) is 55.3 Å². The molecular formula is C30H26F3N3O3. The van der Waals surface area contributed by atoms with Crippen molar-refractivity contribution in [2.24, 2.45) is 5.10 Å². The summed E-state index contributed by atoms with van der Waals surface area (Å²) in [6.07, 6.45) is -0.830. The lowest BCUT2D eigenvalue weighted by Crippen LogP contribution is -2.45. The molecule has 9 heteroatoms. The fourth-order valence-electron chi connectivity index (χ4n) is 5.50. The Bertz CT molecular complexity index is 1430. The van der Waals surface area contributed by atoms with Gasteiger partial charge >= 0.3 is 6.18 Å². The highest BCUT2D eigenvalue weighted by Gasteiger charge is 2.43. The zero-order chi connectivity index (χ0) is 27.1. The Labute approximate surface area is 223 Å². The summed E-state index contributed by atoms with van der Waals surface area (Å²) in [6, 6.07) is 18.7. The van der Waals surface area contributed by atoms with E-state index in [0.29, 0.717) is 17.7 Å². The van der Waals surface area contributed by atoms with E-state index in [4.69, 9.17) is 9.84 Å². The van der Waals surface area contributed by atoms with Gasteiger partial charge in [0.2, 0.25) is 5.78 Å². The molecule has 2 aliphatic heterocycles. The number of nitrogens with one attached hydrogen (secondary N) is 1. The largest absolute Gasteiger partial charge is 0.461 e. The summed E-state index contributed by atoms with van der Waals surface area (Å²) in [7, 11) is 0. The molecule has 6 rings (SSSR count). The SMILES string of the molecule is O=C(NC1CCCC1)c1ccc(C2=NN3C(C(=O)c4ccc(C(F)(F)F)cc4)Oc4ccccc4C3C2)cc1. The molecule has 0 saturated heterocycles. The Morgan fingerprint density at radius 1 is 0.897 bits per heavy atom. The number of nitrogens with zero attached hydrogens (tertiary/aromatic N) is 2. The third kappa shape index (κ3) is 4.89. The van der Waals surface area contributed by atoms with Crippen LogP contribution in [0.25, 0.3) is 0 Å². The molecule has 1 saturated carbocycles. The maximum absolute atomic E-state index is 13.5. The molecule has 200 valence electrons. The Morgan fingerprint density at radius 2 is 1.56 bits per heavy atom. The highest BCUT2D eigenvalue weighted by Crippen LogP contribution is 2.43. The van der Waals surface area contributed by atoms with Crippen molar-refractivity contribution in [3.8, 4) is 5.75 Å². The highest BCUT2D eigenvalue weighted by molar-refractivity contribution is 6.04. The number of fused-ring (bicyclic) bond motifs is 3. The Kier molecular flexibility index (Phi) is 6.37. The molecular weight excluding hydrogens is 507 g/mol. The van der Waals surface area contributed by atoms with Gasteiger partial charge in [0, 0.05) is 29.2 Å². The number of hydrogen-bond acceptors (Lipinski definition) is 5. The van der Waals surface area contributed by atoms with E-state index in [1.165, 1.54) is 12.1 Å². The molecule has 0 aromatic heterocycles. The summed E-state index contributed by atoms with van der Waals surface area (Å²) in [5, 5.41) is 9.43. The lowest BCUT2D eigenvalue weighted by atomic mass is 9.95. The van der Waals surface area contributed by atoms with E-state index in [9.17, 15) is 22.8 Å². The molecule has 1 aliphatic carbocycles. The number of carbonyl (C=O) groups excluding carboxylic acids is 2. The van der Waals surface area contributed by atoms with E-state index in [0.717, 1.165) is 54.7 Å². The minimum atomic E-state index is -4.49. The number of ketones is 1. The van der Waals surface area contributed by atoms with Crippen molar-refractivity contribution >= 4 is 17.4 Å². The van der Waals surface area contributed by atoms with Crippen molar-refractivity contribution in [3.05, 3.63) is 101 Å². The van der Waals surface area contributed by atoms with Gasteiger partial charge < -0.3 is 10.1 Å². The van der Waals surface area contributed by atoms with Crippen molar-refractivity contribution < 1.29 is 27.5 Å². The molecule has 0 radical (unpaired) electrons. The number of hydrogen-bond donors (Lipinski definition) is 1. The lowest BCUT2D eigenvalue weighted by molar-refractivity contribution is -0.137. The summed E-state index contributed by atoms with van der Waals surface area (Å²) in [5.41, 5.74) is 2.28. The standard InChI is InChI=1S/C30H26F3N3O3/c31-30(32,33)21-15-13-19(14-16-21)27(37)29-36-25(23-7-3-4-8-26(23)39-29)17-24(35-36)18-9-11-20(12-10-18)28(38)34-22-5-1-2-6-22/h3-4,7-16,22,25,29H,1-2,5-6,17H2,(H,34,38). The fourth-order valence-corrected chi connectivity index (χ4v) is 5.50. The van der Waals surface area contributed by atoms with Crippen molar-refractivity contribution in [2.75, 3.05) is 0 Å². The lowest BCUT2D eigenvalue weighted by Gasteiger charge is -2.37. The first kappa shape index (κ1) is 25.2. The van der Waals surface area contributed by atoms with Crippen molar-refractivity contribution in [1.82, 2.24) is 10.3 Å². The van der Waals surface area contributed by atoms with Crippen LogP contribution in [0.1, 0.15) is 75.6 Å². The first-order valence-electron chi connectivity index (χ1n) is 13.0. The first-order chi connectivity index (χ1) is 18.8. The van der Waals surface area contributed by atoms with Gasteiger partial charge in [-0.05, 0) is 48.7 Å². The molecule has 0 bridgehead atoms. The summed E-state index contributed by atoms with van der Waals surface area (Å²) in [4.78, 5) is 26.1. The van der Waals surface area contributed by atoms with Gasteiger partial charge in [-0.2, -0.15) is 18.3 Å². The molecule has 3 aliphatic rings. The first-order valence-corrected chi connectivity index (χ1v) is 13.0. The van der Waals surface area contributed by atoms with E-state index in [1.807, 2.05) is 24.3 Å². The number of ether oxygens (including phenoxy) is 1. The molecule has 0 spiro atoms. The van der Waals surface area contributed by atoms with Crippen LogP contribution < -0.4 is 10.1 Å². The van der Waals surface area contributed by atoms with Gasteiger partial charge in [0.1, 0.15) is 5.75 Å². The highest BCUT2D eigenvalue weighted by atomic mass is 19.4. The molecule has 2 unspecified atom stereocenters. The quantitative estimate of drug-likeness (QED) is 0.401. The van der Waals surface area contributed by atoms with E-state index in [1.54, 1.807) is 29.3 Å². The van der Waals surface area contributed by atoms with Gasteiger partial charge in [0.25, 0.3) is 12.1 Å². The van der Waals surface area contributed by atoms with Crippen LogP contribution in [-0.4, -0.2) is 34.7 Å². The predicted molar refractivity (Wildman–Crippen MR) is 139 cm³/mol. The van der Waals surface area contributed by atoms with Crippen LogP contribution in [-0.2, 0) is 6.18 Å². The predicted octanol–water partition coefficient (Wildman–Crippen LogP) is 6.13. The number of para-hydroxylation sites is 1. The Morgan fingerprint density at radius 3 is 2.26 bits per heavy atom. The maximum Gasteiger partial charge on any atom is 0.416 e. The van der Waals surface area contributed by atoms with Crippen LogP contribution in [0.15, 0.2) is 77.9 Å². The molecule has 1 N–H and O–H groups in total. The van der Waals surface area contributed by atoms with Crippen LogP contribution >= 0.6 is 0 Å². The van der Waals surface area contributed by atoms with Crippen molar-refractivity contribution in [3.63, 3.8) is 0 Å². The molecule has 1 amide bonds. The second kappa shape index (κ2) is 9.87. The number of rotatable bonds is 5. The van der Waals surface area contributed by atoms with E-state index < -0.39 is 23.8 Å². The van der Waals surface area contributed by atoms with Gasteiger partial charge in [-0.25, -0.2) is 5.01 Å². The molecule has 1 fully saturated rings. The van der Waals surface area contributed by atoms with E-state index in [2.05, 4.69) is 5.32 Å². The zero-order valence-corrected chi connectivity index (χ0v) is 20.9. The second-order valence-electron chi connectivity index (χ2n) is 10.1. The number of carbonyl (C=O) groups is 2. The van der Waals surface area contributed by atoms with Crippen LogP contribution in [0, 0.1) is 0 Å². The summed E-state index contributed by atoms with van der Waals surface area (Å²) in [6.45, 7) is 0. The minimum absolute atomic E-state index is 0.0937. The monoisotopic (exact) mass is 533 g/mol. The second-order valence-corrected chi connectivity index (χ2v) is 10.1. The maximum atomic E-state index is 13.5. The van der Waals surface area contributed by atoms with Gasteiger partial charge in [0.15, 0.2) is 0 Å². The van der Waals surface area contributed by atoms with E-state index in [-0.39, 0.29) is 23.6 Å². The number of amides is 1. The van der Waals surface area contributed by atoms with Crippen molar-refractivity contribution in [2.45, 2.75) is 56.6 Å². The van der Waals surface area contributed by atoms with Crippen molar-refractivity contribution in [1.29, 1.82) is 0 Å². The Balaban J connectivity index is 1.26. The van der Waals surface area contributed by atoms with Crippen LogP contribution in [0.5, 0.6) is 5.75 Å². The van der Waals surface area contributed by atoms with E-state index >= 15 is 0 Å². The molecule has 6 nitrogen and oxygen atoms in total. The number of alkyl halides is 3. The van der Waals surface area contributed by atoms with Crippen LogP contribution in [0.2, 0.25) is 0 Å². The van der Waals surface area contributed by atoms with Gasteiger partial charge in [-0.3, -0.25) is 9.59 Å². The smallest absolute Gasteiger partial charge is 0.416 e. The number of hydrazone groups is 1. The summed E-state index contributed by atoms with van der Waals surface area (Å²) >= 11 is 0. The number of Topliss-reactive ketones (excluding diaryl/α,β-unsaturated/α-hetero) is 1. The van der Waals surface area contributed by atoms with Crippen LogP contribution in [0.4, 0.5) is 13.2 Å². The van der Waals surface area contributed by atoms with Crippen LogP contribution in [0.3, 0.4) is 0 Å². The normalized spacial score (nSPS) is 20.6. The molecule has 3 aromatic carbocycles. The zero-order valence-electron chi connectivity index (χ0n) is 20.9. The topological polar surface area (TPSA) is 71.0 Å². The molecule has 2 heterocycles.